The molecule has 0 unspecified atom stereocenters. The van der Waals surface area contributed by atoms with Gasteiger partial charge in [0.2, 0.25) is 0 Å². The second-order valence-corrected chi connectivity index (χ2v) is 3.67. The standard InChI is InChI=1S/C13H21NO5/c1-15-5-6-19-14-9-11-12(17-3)7-10(16-2)8-13(11)18-4/h7-8,14H,5-6,9H2,1-4H3. The highest BCUT2D eigenvalue weighted by Crippen LogP contribution is 2.33. The molecule has 0 aliphatic carbocycles. The molecule has 0 aliphatic rings. The van der Waals surface area contributed by atoms with Crippen molar-refractivity contribution in [3.8, 4) is 17.2 Å². The summed E-state index contributed by atoms with van der Waals surface area (Å²) in [4.78, 5) is 5.22. The Kier molecular flexibility index (Phi) is 7.02. The lowest BCUT2D eigenvalue weighted by atomic mass is 10.1. The summed E-state index contributed by atoms with van der Waals surface area (Å²) >= 11 is 0. The van der Waals surface area contributed by atoms with Crippen molar-refractivity contribution in [2.24, 2.45) is 0 Å². The number of methoxy groups -OCH3 is 4. The van der Waals surface area contributed by atoms with E-state index in [0.717, 1.165) is 5.56 Å². The van der Waals surface area contributed by atoms with Gasteiger partial charge in [-0.25, -0.2) is 0 Å². The van der Waals surface area contributed by atoms with Gasteiger partial charge in [0.1, 0.15) is 17.2 Å². The van der Waals surface area contributed by atoms with Crippen LogP contribution in [0.15, 0.2) is 12.1 Å². The summed E-state index contributed by atoms with van der Waals surface area (Å²) in [6, 6.07) is 3.60. The van der Waals surface area contributed by atoms with Crippen molar-refractivity contribution in [2.75, 3.05) is 41.7 Å². The number of benzene rings is 1. The molecule has 0 radical (unpaired) electrons. The number of ether oxygens (including phenoxy) is 4. The van der Waals surface area contributed by atoms with Crippen LogP contribution in [0, 0.1) is 0 Å². The van der Waals surface area contributed by atoms with E-state index in [4.69, 9.17) is 23.8 Å². The zero-order chi connectivity index (χ0) is 14.1. The van der Waals surface area contributed by atoms with Crippen molar-refractivity contribution in [1.82, 2.24) is 5.48 Å². The average Bonchev–Trinajstić information content (AvgIpc) is 2.46. The van der Waals surface area contributed by atoms with Gasteiger partial charge in [0.25, 0.3) is 0 Å². The smallest absolute Gasteiger partial charge is 0.130 e. The van der Waals surface area contributed by atoms with Crippen LogP contribution in [0.25, 0.3) is 0 Å². The first-order chi connectivity index (χ1) is 9.26. The van der Waals surface area contributed by atoms with Gasteiger partial charge in [-0.1, -0.05) is 0 Å². The Morgan fingerprint density at radius 2 is 1.53 bits per heavy atom. The molecule has 1 rings (SSSR count). The van der Waals surface area contributed by atoms with Crippen molar-refractivity contribution in [2.45, 2.75) is 6.54 Å². The Bertz CT molecular complexity index is 358. The van der Waals surface area contributed by atoms with E-state index in [1.807, 2.05) is 0 Å². The second-order valence-electron chi connectivity index (χ2n) is 3.67. The predicted molar refractivity (Wildman–Crippen MR) is 70.8 cm³/mol. The summed E-state index contributed by atoms with van der Waals surface area (Å²) in [5.74, 6) is 2.04. The summed E-state index contributed by atoms with van der Waals surface area (Å²) in [6.07, 6.45) is 0. The van der Waals surface area contributed by atoms with Gasteiger partial charge >= 0.3 is 0 Å². The maximum Gasteiger partial charge on any atom is 0.130 e. The van der Waals surface area contributed by atoms with E-state index in [1.165, 1.54) is 0 Å². The highest BCUT2D eigenvalue weighted by Gasteiger charge is 2.12. The van der Waals surface area contributed by atoms with E-state index >= 15 is 0 Å². The van der Waals surface area contributed by atoms with Crippen LogP contribution in [0.4, 0.5) is 0 Å². The number of hydrogen-bond acceptors (Lipinski definition) is 6. The Morgan fingerprint density at radius 1 is 0.895 bits per heavy atom. The lowest BCUT2D eigenvalue weighted by Crippen LogP contribution is -2.18. The summed E-state index contributed by atoms with van der Waals surface area (Å²) in [5.41, 5.74) is 3.71. The van der Waals surface area contributed by atoms with Gasteiger partial charge in [-0.15, -0.1) is 0 Å². The quantitative estimate of drug-likeness (QED) is 0.541. The van der Waals surface area contributed by atoms with Crippen LogP contribution in [0.2, 0.25) is 0 Å². The van der Waals surface area contributed by atoms with E-state index in [2.05, 4.69) is 5.48 Å². The van der Waals surface area contributed by atoms with Crippen LogP contribution in [-0.2, 0) is 16.1 Å². The number of hydrogen-bond donors (Lipinski definition) is 1. The summed E-state index contributed by atoms with van der Waals surface area (Å²) in [5, 5.41) is 0. The molecule has 6 heteroatoms. The fourth-order valence-corrected chi connectivity index (χ4v) is 1.57. The molecular formula is C13H21NO5. The maximum absolute atomic E-state index is 5.33. The van der Waals surface area contributed by atoms with Gasteiger partial charge in [-0.2, -0.15) is 5.48 Å². The third-order valence-corrected chi connectivity index (χ3v) is 2.56. The molecule has 0 saturated carbocycles. The second kappa shape index (κ2) is 8.58. The molecule has 0 spiro atoms. The van der Waals surface area contributed by atoms with Gasteiger partial charge in [0.15, 0.2) is 0 Å². The van der Waals surface area contributed by atoms with Gasteiger partial charge < -0.3 is 18.9 Å². The largest absolute Gasteiger partial charge is 0.496 e. The number of hydroxylamine groups is 1. The first-order valence-electron chi connectivity index (χ1n) is 5.89. The SMILES string of the molecule is COCCONCc1c(OC)cc(OC)cc1OC. The van der Waals surface area contributed by atoms with Crippen LogP contribution < -0.4 is 19.7 Å². The van der Waals surface area contributed by atoms with E-state index in [0.29, 0.717) is 37.0 Å². The summed E-state index contributed by atoms with van der Waals surface area (Å²) in [7, 11) is 6.42. The topological polar surface area (TPSA) is 58.2 Å². The van der Waals surface area contributed by atoms with Crippen molar-refractivity contribution < 1.29 is 23.8 Å². The van der Waals surface area contributed by atoms with Gasteiger partial charge in [0, 0.05) is 19.2 Å². The lowest BCUT2D eigenvalue weighted by molar-refractivity contribution is 0.00295. The molecule has 6 nitrogen and oxygen atoms in total. The zero-order valence-corrected chi connectivity index (χ0v) is 11.8. The molecule has 108 valence electrons. The van der Waals surface area contributed by atoms with Crippen LogP contribution >= 0.6 is 0 Å². The predicted octanol–water partition coefficient (Wildman–Crippen LogP) is 1.38. The molecule has 0 atom stereocenters. The Morgan fingerprint density at radius 3 is 2.00 bits per heavy atom. The van der Waals surface area contributed by atoms with Crippen LogP contribution in [0.3, 0.4) is 0 Å². The molecule has 1 aromatic carbocycles. The van der Waals surface area contributed by atoms with Crippen LogP contribution in [0.5, 0.6) is 17.2 Å². The fraction of sp³-hybridized carbons (Fsp3) is 0.538. The van der Waals surface area contributed by atoms with E-state index < -0.39 is 0 Å². The highest BCUT2D eigenvalue weighted by molar-refractivity contribution is 5.50. The molecule has 0 heterocycles. The lowest BCUT2D eigenvalue weighted by Gasteiger charge is -2.15. The first-order valence-corrected chi connectivity index (χ1v) is 5.89. The minimum Gasteiger partial charge on any atom is -0.496 e. The van der Waals surface area contributed by atoms with Gasteiger partial charge in [-0.05, 0) is 0 Å². The average molecular weight is 271 g/mol. The molecule has 19 heavy (non-hydrogen) atoms. The Labute approximate surface area is 113 Å². The van der Waals surface area contributed by atoms with Crippen molar-refractivity contribution in [3.05, 3.63) is 17.7 Å². The normalized spacial score (nSPS) is 10.3. The number of rotatable bonds is 9. The van der Waals surface area contributed by atoms with Gasteiger partial charge in [-0.3, -0.25) is 4.84 Å². The summed E-state index contributed by atoms with van der Waals surface area (Å²) in [6.45, 7) is 1.46. The number of nitrogens with one attached hydrogen (secondary N) is 1. The fourth-order valence-electron chi connectivity index (χ4n) is 1.57. The van der Waals surface area contributed by atoms with Crippen molar-refractivity contribution in [3.63, 3.8) is 0 Å². The molecule has 0 aliphatic heterocycles. The van der Waals surface area contributed by atoms with Crippen LogP contribution in [-0.4, -0.2) is 41.7 Å². The minimum atomic E-state index is 0.458. The molecular weight excluding hydrogens is 250 g/mol. The highest BCUT2D eigenvalue weighted by atomic mass is 16.7. The Balaban J connectivity index is 2.73. The third kappa shape index (κ3) is 4.59. The molecule has 0 aromatic heterocycles. The monoisotopic (exact) mass is 271 g/mol. The Hall–Kier alpha value is -1.50. The molecule has 1 N–H and O–H groups in total. The molecule has 1 aromatic rings. The molecule has 0 fully saturated rings. The van der Waals surface area contributed by atoms with E-state index in [1.54, 1.807) is 40.6 Å². The first kappa shape index (κ1) is 15.6. The van der Waals surface area contributed by atoms with E-state index in [-0.39, 0.29) is 0 Å². The minimum absolute atomic E-state index is 0.458. The van der Waals surface area contributed by atoms with E-state index in [9.17, 15) is 0 Å². The third-order valence-electron chi connectivity index (χ3n) is 2.56. The van der Waals surface area contributed by atoms with Crippen molar-refractivity contribution >= 4 is 0 Å². The molecule has 0 amide bonds. The maximum atomic E-state index is 5.33. The van der Waals surface area contributed by atoms with Gasteiger partial charge in [0.05, 0.1) is 46.7 Å². The molecule has 0 bridgehead atoms. The summed E-state index contributed by atoms with van der Waals surface area (Å²) < 4.78 is 20.7. The van der Waals surface area contributed by atoms with Crippen molar-refractivity contribution in [1.29, 1.82) is 0 Å². The zero-order valence-electron chi connectivity index (χ0n) is 11.8. The molecule has 0 saturated heterocycles. The van der Waals surface area contributed by atoms with Crippen LogP contribution in [0.1, 0.15) is 5.56 Å².